The van der Waals surface area contributed by atoms with E-state index >= 15 is 0 Å². The number of benzene rings is 1. The summed E-state index contributed by atoms with van der Waals surface area (Å²) in [4.78, 5) is 15.3. The van der Waals surface area contributed by atoms with Gasteiger partial charge in [0.25, 0.3) is 0 Å². The van der Waals surface area contributed by atoms with Crippen LogP contribution in [0.25, 0.3) is 0 Å². The Balaban J connectivity index is 1.82. The monoisotopic (exact) mass is 264 g/mol. The van der Waals surface area contributed by atoms with E-state index in [4.69, 9.17) is 4.74 Å². The number of hydrogen-bond donors (Lipinski definition) is 1. The summed E-state index contributed by atoms with van der Waals surface area (Å²) >= 11 is 0. The van der Waals surface area contributed by atoms with Gasteiger partial charge in [0.15, 0.2) is 0 Å². The van der Waals surface area contributed by atoms with Gasteiger partial charge in [-0.25, -0.2) is 9.78 Å². The van der Waals surface area contributed by atoms with Crippen LogP contribution in [0.15, 0.2) is 48.7 Å². The molecule has 0 bridgehead atoms. The Labute approximate surface area is 116 Å². The molecule has 1 N–H and O–H groups in total. The number of carbonyl (C=O) groups excluding carboxylic acids is 1. The van der Waals surface area contributed by atoms with E-state index in [2.05, 4.69) is 22.1 Å². The number of pyridine rings is 1. The maximum atomic E-state index is 11.0. The van der Waals surface area contributed by atoms with Crippen LogP contribution in [-0.2, 0) is 4.74 Å². The molecule has 1 aliphatic heterocycles. The number of alkyl carbamates (subject to hydrolysis) is 1. The molecule has 4 nitrogen and oxygen atoms in total. The molecule has 1 aromatic carbocycles. The third-order valence-corrected chi connectivity index (χ3v) is 2.97. The quantitative estimate of drug-likeness (QED) is 0.804. The van der Waals surface area contributed by atoms with E-state index in [0.717, 1.165) is 11.1 Å². The molecule has 0 aliphatic carbocycles. The lowest BCUT2D eigenvalue weighted by atomic mass is 10.1. The van der Waals surface area contributed by atoms with Gasteiger partial charge in [-0.05, 0) is 35.7 Å². The van der Waals surface area contributed by atoms with Crippen LogP contribution in [-0.4, -0.2) is 17.7 Å². The first kappa shape index (κ1) is 12.2. The topological polar surface area (TPSA) is 51.2 Å². The molecular formula is C16H12N2O2. The number of carbonyl (C=O) groups is 1. The molecule has 2 aromatic rings. The smallest absolute Gasteiger partial charge is 0.407 e. The van der Waals surface area contributed by atoms with Crippen molar-refractivity contribution in [3.63, 3.8) is 0 Å². The van der Waals surface area contributed by atoms with Crippen LogP contribution in [0.2, 0.25) is 0 Å². The van der Waals surface area contributed by atoms with Crippen molar-refractivity contribution in [2.24, 2.45) is 0 Å². The number of hydrogen-bond acceptors (Lipinski definition) is 3. The number of aromatic nitrogens is 1. The standard InChI is InChI=1S/C16H12N2O2/c19-16-18-15(11-20-16)13-8-9-17-14(10-13)7-6-12-4-2-1-3-5-12/h1-5,8-10,15H,11H2,(H,18,19)/t15-/m0/s1. The Morgan fingerprint density at radius 3 is 2.80 bits per heavy atom. The van der Waals surface area contributed by atoms with Crippen molar-refractivity contribution < 1.29 is 9.53 Å². The van der Waals surface area contributed by atoms with Gasteiger partial charge < -0.3 is 10.1 Å². The van der Waals surface area contributed by atoms with Crippen LogP contribution in [0.5, 0.6) is 0 Å². The van der Waals surface area contributed by atoms with Crippen LogP contribution in [0, 0.1) is 11.8 Å². The summed E-state index contributed by atoms with van der Waals surface area (Å²) in [6.07, 6.45) is 1.30. The van der Waals surface area contributed by atoms with Crippen LogP contribution >= 0.6 is 0 Å². The maximum absolute atomic E-state index is 11.0. The zero-order valence-corrected chi connectivity index (χ0v) is 10.7. The van der Waals surface area contributed by atoms with Crippen molar-refractivity contribution in [2.75, 3.05) is 6.61 Å². The molecule has 0 radical (unpaired) electrons. The minimum Gasteiger partial charge on any atom is -0.447 e. The lowest BCUT2D eigenvalue weighted by molar-refractivity contribution is 0.177. The first-order valence-corrected chi connectivity index (χ1v) is 6.27. The average Bonchev–Trinajstić information content (AvgIpc) is 2.93. The number of amides is 1. The second-order valence-electron chi connectivity index (χ2n) is 4.39. The van der Waals surface area contributed by atoms with Gasteiger partial charge in [0.2, 0.25) is 0 Å². The first-order chi connectivity index (χ1) is 9.81. The van der Waals surface area contributed by atoms with E-state index in [-0.39, 0.29) is 12.1 Å². The fourth-order valence-electron chi connectivity index (χ4n) is 1.95. The number of nitrogens with zero attached hydrogens (tertiary/aromatic N) is 1. The lowest BCUT2D eigenvalue weighted by Gasteiger charge is -2.06. The van der Waals surface area contributed by atoms with E-state index in [9.17, 15) is 4.79 Å². The highest BCUT2D eigenvalue weighted by molar-refractivity contribution is 5.70. The van der Waals surface area contributed by atoms with Gasteiger partial charge in [-0.15, -0.1) is 0 Å². The van der Waals surface area contributed by atoms with Crippen LogP contribution < -0.4 is 5.32 Å². The molecule has 0 spiro atoms. The van der Waals surface area contributed by atoms with Crippen molar-refractivity contribution in [1.82, 2.24) is 10.3 Å². The predicted octanol–water partition coefficient (Wildman–Crippen LogP) is 2.26. The SMILES string of the molecule is O=C1N[C@H](c2ccnc(C#Cc3ccccc3)c2)CO1. The molecule has 1 aliphatic rings. The van der Waals surface area contributed by atoms with Gasteiger partial charge in [0.05, 0.1) is 6.04 Å². The summed E-state index contributed by atoms with van der Waals surface area (Å²) in [5.41, 5.74) is 2.56. The molecule has 1 saturated heterocycles. The van der Waals surface area contributed by atoms with E-state index in [1.807, 2.05) is 42.5 Å². The molecule has 98 valence electrons. The molecule has 0 saturated carbocycles. The minimum absolute atomic E-state index is 0.122. The van der Waals surface area contributed by atoms with Gasteiger partial charge in [0.1, 0.15) is 12.3 Å². The molecule has 0 unspecified atom stereocenters. The number of rotatable bonds is 1. The molecule has 20 heavy (non-hydrogen) atoms. The molecule has 2 heterocycles. The summed E-state index contributed by atoms with van der Waals surface area (Å²) < 4.78 is 4.88. The molecule has 1 amide bonds. The first-order valence-electron chi connectivity index (χ1n) is 6.27. The fourth-order valence-corrected chi connectivity index (χ4v) is 1.95. The highest BCUT2D eigenvalue weighted by Gasteiger charge is 2.23. The third kappa shape index (κ3) is 2.78. The molecule has 1 fully saturated rings. The number of ether oxygens (including phenoxy) is 1. The lowest BCUT2D eigenvalue weighted by Crippen LogP contribution is -2.18. The van der Waals surface area contributed by atoms with Gasteiger partial charge in [-0.2, -0.15) is 0 Å². The van der Waals surface area contributed by atoms with E-state index < -0.39 is 0 Å². The van der Waals surface area contributed by atoms with Crippen molar-refractivity contribution in [3.8, 4) is 11.8 Å². The van der Waals surface area contributed by atoms with Crippen molar-refractivity contribution in [2.45, 2.75) is 6.04 Å². The summed E-state index contributed by atoms with van der Waals surface area (Å²) in [5, 5.41) is 2.73. The van der Waals surface area contributed by atoms with Gasteiger partial charge in [-0.3, -0.25) is 0 Å². The predicted molar refractivity (Wildman–Crippen MR) is 73.9 cm³/mol. The van der Waals surface area contributed by atoms with Gasteiger partial charge >= 0.3 is 6.09 Å². The highest BCUT2D eigenvalue weighted by Crippen LogP contribution is 2.17. The van der Waals surface area contributed by atoms with Crippen molar-refractivity contribution >= 4 is 6.09 Å². The maximum Gasteiger partial charge on any atom is 0.407 e. The van der Waals surface area contributed by atoms with Crippen LogP contribution in [0.3, 0.4) is 0 Å². The Kier molecular flexibility index (Phi) is 3.34. The molecule has 1 aromatic heterocycles. The summed E-state index contributed by atoms with van der Waals surface area (Å²) in [6, 6.07) is 13.3. The molecule has 4 heteroatoms. The van der Waals surface area contributed by atoms with E-state index in [0.29, 0.717) is 12.3 Å². The van der Waals surface area contributed by atoms with E-state index in [1.54, 1.807) is 6.20 Å². The molecule has 3 rings (SSSR count). The second-order valence-corrected chi connectivity index (χ2v) is 4.39. The molecular weight excluding hydrogens is 252 g/mol. The van der Waals surface area contributed by atoms with E-state index in [1.165, 1.54) is 0 Å². The number of nitrogens with one attached hydrogen (secondary N) is 1. The number of cyclic esters (lactones) is 1. The Morgan fingerprint density at radius 2 is 2.05 bits per heavy atom. The summed E-state index contributed by atoms with van der Waals surface area (Å²) in [7, 11) is 0. The van der Waals surface area contributed by atoms with Gasteiger partial charge in [-0.1, -0.05) is 24.1 Å². The zero-order valence-electron chi connectivity index (χ0n) is 10.7. The Morgan fingerprint density at radius 1 is 1.20 bits per heavy atom. The van der Waals surface area contributed by atoms with Crippen molar-refractivity contribution in [3.05, 3.63) is 65.5 Å². The van der Waals surface area contributed by atoms with Crippen LogP contribution in [0.4, 0.5) is 4.79 Å². The normalized spacial score (nSPS) is 16.8. The largest absolute Gasteiger partial charge is 0.447 e. The van der Waals surface area contributed by atoms with Crippen LogP contribution in [0.1, 0.15) is 22.9 Å². The zero-order chi connectivity index (χ0) is 13.8. The average molecular weight is 264 g/mol. The Hall–Kier alpha value is -2.80. The minimum atomic E-state index is -0.385. The summed E-state index contributed by atoms with van der Waals surface area (Å²) in [6.45, 7) is 0.342. The molecule has 1 atom stereocenters. The Bertz CT molecular complexity index is 686. The summed E-state index contributed by atoms with van der Waals surface area (Å²) in [5.74, 6) is 6.08. The third-order valence-electron chi connectivity index (χ3n) is 2.97. The highest BCUT2D eigenvalue weighted by atomic mass is 16.6. The second kappa shape index (κ2) is 5.45. The fraction of sp³-hybridized carbons (Fsp3) is 0.125. The van der Waals surface area contributed by atoms with Gasteiger partial charge in [0, 0.05) is 11.8 Å². The van der Waals surface area contributed by atoms with Crippen molar-refractivity contribution in [1.29, 1.82) is 0 Å².